The third-order valence-electron chi connectivity index (χ3n) is 2.05. The van der Waals surface area contributed by atoms with Crippen molar-refractivity contribution in [3.05, 3.63) is 22.7 Å². The van der Waals surface area contributed by atoms with Gasteiger partial charge < -0.3 is 15.8 Å². The van der Waals surface area contributed by atoms with Crippen molar-refractivity contribution >= 4 is 23.2 Å². The lowest BCUT2D eigenvalue weighted by molar-refractivity contribution is 0.0916. The number of hydrogen-bond donors (Lipinski definition) is 2. The van der Waals surface area contributed by atoms with Crippen molar-refractivity contribution in [1.29, 1.82) is 0 Å². The van der Waals surface area contributed by atoms with E-state index in [1.807, 2.05) is 20.8 Å². The van der Waals surface area contributed by atoms with Crippen LogP contribution in [-0.2, 0) is 0 Å². The molecule has 0 radical (unpaired) electrons. The second-order valence-corrected chi connectivity index (χ2v) is 5.19. The first-order valence-corrected chi connectivity index (χ1v) is 5.58. The quantitative estimate of drug-likeness (QED) is 0.799. The van der Waals surface area contributed by atoms with Gasteiger partial charge in [-0.15, -0.1) is 0 Å². The van der Waals surface area contributed by atoms with Gasteiger partial charge in [0, 0.05) is 11.6 Å². The topological polar surface area (TPSA) is 64.3 Å². The number of hydrogen-bond acceptors (Lipinski definition) is 3. The second kappa shape index (κ2) is 4.84. The van der Waals surface area contributed by atoms with Crippen LogP contribution in [0.5, 0.6) is 5.75 Å². The normalized spacial score (nSPS) is 11.1. The Morgan fingerprint density at radius 3 is 2.47 bits per heavy atom. The molecule has 5 heteroatoms. The fourth-order valence-electron chi connectivity index (χ4n) is 1.32. The number of benzene rings is 1. The van der Waals surface area contributed by atoms with Gasteiger partial charge in [-0.1, -0.05) is 11.6 Å². The minimum Gasteiger partial charge on any atom is -0.496 e. The fourth-order valence-corrected chi connectivity index (χ4v) is 1.49. The summed E-state index contributed by atoms with van der Waals surface area (Å²) in [5.74, 6) is 0.171. The van der Waals surface area contributed by atoms with E-state index in [1.54, 1.807) is 6.07 Å². The van der Waals surface area contributed by atoms with Crippen LogP contribution in [0.4, 0.5) is 5.69 Å². The molecule has 0 aliphatic heterocycles. The largest absolute Gasteiger partial charge is 0.496 e. The number of rotatable bonds is 2. The van der Waals surface area contributed by atoms with Crippen molar-refractivity contribution in [3.8, 4) is 5.75 Å². The monoisotopic (exact) mass is 256 g/mol. The molecule has 0 saturated carbocycles. The van der Waals surface area contributed by atoms with E-state index in [1.165, 1.54) is 13.2 Å². The summed E-state index contributed by atoms with van der Waals surface area (Å²) >= 11 is 5.90. The van der Waals surface area contributed by atoms with Crippen LogP contribution in [0.2, 0.25) is 5.02 Å². The van der Waals surface area contributed by atoms with Gasteiger partial charge in [-0.25, -0.2) is 0 Å². The van der Waals surface area contributed by atoms with Crippen molar-refractivity contribution in [2.24, 2.45) is 0 Å². The molecule has 0 atom stereocenters. The summed E-state index contributed by atoms with van der Waals surface area (Å²) in [7, 11) is 1.48. The van der Waals surface area contributed by atoms with Crippen LogP contribution < -0.4 is 15.8 Å². The van der Waals surface area contributed by atoms with E-state index in [0.29, 0.717) is 22.0 Å². The third kappa shape index (κ3) is 3.53. The van der Waals surface area contributed by atoms with Gasteiger partial charge >= 0.3 is 0 Å². The number of nitrogens with two attached hydrogens (primary N) is 1. The van der Waals surface area contributed by atoms with Gasteiger partial charge in [-0.3, -0.25) is 4.79 Å². The SMILES string of the molecule is COc1cc(N)c(Cl)cc1C(=O)NC(C)(C)C. The summed E-state index contributed by atoms with van der Waals surface area (Å²) in [6.07, 6.45) is 0. The highest BCUT2D eigenvalue weighted by atomic mass is 35.5. The molecule has 0 aromatic heterocycles. The number of ether oxygens (including phenoxy) is 1. The number of methoxy groups -OCH3 is 1. The molecule has 0 heterocycles. The van der Waals surface area contributed by atoms with Crippen molar-refractivity contribution in [3.63, 3.8) is 0 Å². The van der Waals surface area contributed by atoms with E-state index in [9.17, 15) is 4.79 Å². The number of halogens is 1. The van der Waals surface area contributed by atoms with Gasteiger partial charge in [0.1, 0.15) is 5.75 Å². The van der Waals surface area contributed by atoms with E-state index >= 15 is 0 Å². The Morgan fingerprint density at radius 2 is 2.00 bits per heavy atom. The standard InChI is InChI=1S/C12H17ClN2O2/c1-12(2,3)15-11(16)7-5-8(13)9(14)6-10(7)17-4/h5-6H,14H2,1-4H3,(H,15,16). The average Bonchev–Trinajstić information content (AvgIpc) is 2.18. The van der Waals surface area contributed by atoms with E-state index < -0.39 is 0 Å². The molecule has 0 aliphatic rings. The minimum absolute atomic E-state index is 0.240. The van der Waals surface area contributed by atoms with Crippen LogP contribution in [-0.4, -0.2) is 18.6 Å². The predicted molar refractivity (Wildman–Crippen MR) is 69.6 cm³/mol. The molecular weight excluding hydrogens is 240 g/mol. The second-order valence-electron chi connectivity index (χ2n) is 4.78. The summed E-state index contributed by atoms with van der Waals surface area (Å²) in [6.45, 7) is 5.70. The van der Waals surface area contributed by atoms with Gasteiger partial charge in [0.05, 0.1) is 23.4 Å². The van der Waals surface area contributed by atoms with Crippen LogP contribution in [0, 0.1) is 0 Å². The summed E-state index contributed by atoms with van der Waals surface area (Å²) in [5.41, 5.74) is 6.09. The van der Waals surface area contributed by atoms with Gasteiger partial charge in [-0.2, -0.15) is 0 Å². The van der Waals surface area contributed by atoms with E-state index in [4.69, 9.17) is 22.1 Å². The maximum Gasteiger partial charge on any atom is 0.255 e. The Kier molecular flexibility index (Phi) is 3.88. The molecule has 0 saturated heterocycles. The minimum atomic E-state index is -0.323. The Labute approximate surface area is 106 Å². The maximum absolute atomic E-state index is 12.0. The lowest BCUT2D eigenvalue weighted by Gasteiger charge is -2.21. The highest BCUT2D eigenvalue weighted by Crippen LogP contribution is 2.29. The molecule has 1 aromatic carbocycles. The molecule has 0 unspecified atom stereocenters. The number of carbonyl (C=O) groups is 1. The lowest BCUT2D eigenvalue weighted by atomic mass is 10.1. The Balaban J connectivity index is 3.12. The molecule has 3 N–H and O–H groups in total. The lowest BCUT2D eigenvalue weighted by Crippen LogP contribution is -2.40. The number of amides is 1. The Hall–Kier alpha value is -1.42. The first kappa shape index (κ1) is 13.6. The molecule has 0 spiro atoms. The molecule has 4 nitrogen and oxygen atoms in total. The van der Waals surface area contributed by atoms with Gasteiger partial charge in [0.25, 0.3) is 5.91 Å². The molecule has 1 amide bonds. The molecule has 1 aromatic rings. The Bertz CT molecular complexity index is 439. The average molecular weight is 257 g/mol. The molecule has 0 fully saturated rings. The van der Waals surface area contributed by atoms with Crippen LogP contribution in [0.1, 0.15) is 31.1 Å². The van der Waals surface area contributed by atoms with Crippen molar-refractivity contribution in [1.82, 2.24) is 5.32 Å². The first-order valence-electron chi connectivity index (χ1n) is 5.20. The van der Waals surface area contributed by atoms with Gasteiger partial charge in [0.15, 0.2) is 0 Å². The Morgan fingerprint density at radius 1 is 1.41 bits per heavy atom. The van der Waals surface area contributed by atoms with Crippen molar-refractivity contribution in [2.45, 2.75) is 26.3 Å². The summed E-state index contributed by atoms with van der Waals surface area (Å²) < 4.78 is 5.12. The van der Waals surface area contributed by atoms with Gasteiger partial charge in [-0.05, 0) is 26.8 Å². The summed E-state index contributed by atoms with van der Waals surface area (Å²) in [4.78, 5) is 12.0. The zero-order chi connectivity index (χ0) is 13.2. The summed E-state index contributed by atoms with van der Waals surface area (Å²) in [5, 5.41) is 3.18. The number of nitrogen functional groups attached to an aromatic ring is 1. The van der Waals surface area contributed by atoms with Crippen LogP contribution >= 0.6 is 11.6 Å². The molecular formula is C12H17ClN2O2. The molecule has 17 heavy (non-hydrogen) atoms. The van der Waals surface area contributed by atoms with Crippen LogP contribution in [0.25, 0.3) is 0 Å². The first-order chi connectivity index (χ1) is 7.74. The van der Waals surface area contributed by atoms with Crippen molar-refractivity contribution in [2.75, 3.05) is 12.8 Å². The zero-order valence-corrected chi connectivity index (χ0v) is 11.2. The highest BCUT2D eigenvalue weighted by Gasteiger charge is 2.19. The number of nitrogens with one attached hydrogen (secondary N) is 1. The third-order valence-corrected chi connectivity index (χ3v) is 2.38. The van der Waals surface area contributed by atoms with Gasteiger partial charge in [0.2, 0.25) is 0 Å². The summed E-state index contributed by atoms with van der Waals surface area (Å²) in [6, 6.07) is 3.05. The van der Waals surface area contributed by atoms with E-state index in [0.717, 1.165) is 0 Å². The molecule has 94 valence electrons. The predicted octanol–water partition coefficient (Wildman–Crippen LogP) is 2.46. The van der Waals surface area contributed by atoms with Crippen molar-refractivity contribution < 1.29 is 9.53 Å². The number of anilines is 1. The van der Waals surface area contributed by atoms with Crippen LogP contribution in [0.15, 0.2) is 12.1 Å². The molecule has 0 aliphatic carbocycles. The molecule has 1 rings (SSSR count). The smallest absolute Gasteiger partial charge is 0.255 e. The van der Waals surface area contributed by atoms with E-state index in [2.05, 4.69) is 5.32 Å². The molecule has 0 bridgehead atoms. The highest BCUT2D eigenvalue weighted by molar-refractivity contribution is 6.33. The zero-order valence-electron chi connectivity index (χ0n) is 10.4. The maximum atomic E-state index is 12.0. The number of carbonyl (C=O) groups excluding carboxylic acids is 1. The van der Waals surface area contributed by atoms with Crippen LogP contribution in [0.3, 0.4) is 0 Å². The van der Waals surface area contributed by atoms with E-state index in [-0.39, 0.29) is 11.4 Å². The fraction of sp³-hybridized carbons (Fsp3) is 0.417.